The number of benzene rings is 1. The largest absolute Gasteiger partial charge is 0.368 e. The normalized spacial score (nSPS) is 16.7. The second kappa shape index (κ2) is 8.17. The van der Waals surface area contributed by atoms with Crippen molar-refractivity contribution in [3.8, 4) is 0 Å². The maximum atomic E-state index is 12.8. The molecule has 6 heteroatoms. The number of piperazine rings is 1. The monoisotopic (exact) mass is 377 g/mol. The van der Waals surface area contributed by atoms with Gasteiger partial charge in [0.2, 0.25) is 0 Å². The van der Waals surface area contributed by atoms with Gasteiger partial charge in [-0.3, -0.25) is 14.7 Å². The van der Waals surface area contributed by atoms with Crippen LogP contribution >= 0.6 is 23.2 Å². The van der Waals surface area contributed by atoms with Gasteiger partial charge in [-0.05, 0) is 30.7 Å². The van der Waals surface area contributed by atoms with Crippen LogP contribution in [0.2, 0.25) is 10.0 Å². The van der Waals surface area contributed by atoms with Crippen molar-refractivity contribution >= 4 is 34.7 Å². The number of rotatable bonds is 5. The number of nitrogens with zero attached hydrogens (tertiary/aromatic N) is 3. The van der Waals surface area contributed by atoms with Gasteiger partial charge in [0.1, 0.15) is 5.69 Å². The molecule has 1 aromatic carbocycles. The predicted octanol–water partition coefficient (Wildman–Crippen LogP) is 4.17. The molecule has 1 fully saturated rings. The van der Waals surface area contributed by atoms with E-state index in [1.807, 2.05) is 31.2 Å². The fourth-order valence-corrected chi connectivity index (χ4v) is 3.71. The van der Waals surface area contributed by atoms with Crippen molar-refractivity contribution in [1.82, 2.24) is 9.88 Å². The molecule has 0 bridgehead atoms. The Morgan fingerprint density at radius 2 is 1.88 bits per heavy atom. The van der Waals surface area contributed by atoms with Crippen LogP contribution in [0.5, 0.6) is 0 Å². The summed E-state index contributed by atoms with van der Waals surface area (Å²) in [5, 5.41) is 1.16. The topological polar surface area (TPSA) is 36.4 Å². The molecule has 1 unspecified atom stereocenters. The highest BCUT2D eigenvalue weighted by atomic mass is 35.5. The second-order valence-electron chi connectivity index (χ2n) is 6.10. The molecule has 1 aliphatic heterocycles. The zero-order chi connectivity index (χ0) is 17.8. The molecule has 2 heterocycles. The third-order valence-corrected chi connectivity index (χ3v) is 5.44. The van der Waals surface area contributed by atoms with Crippen LogP contribution < -0.4 is 4.90 Å². The van der Waals surface area contributed by atoms with Crippen LogP contribution in [0.15, 0.2) is 42.6 Å². The molecule has 25 heavy (non-hydrogen) atoms. The van der Waals surface area contributed by atoms with Crippen molar-refractivity contribution in [3.63, 3.8) is 0 Å². The van der Waals surface area contributed by atoms with Crippen molar-refractivity contribution in [2.75, 3.05) is 31.1 Å². The molecule has 0 saturated carbocycles. The third-order valence-electron chi connectivity index (χ3n) is 4.63. The number of carbonyl (C=O) groups excluding carboxylic acids is 1. The first-order valence-electron chi connectivity index (χ1n) is 8.50. The number of aromatic nitrogens is 1. The van der Waals surface area contributed by atoms with E-state index in [9.17, 15) is 4.79 Å². The number of pyridine rings is 1. The first kappa shape index (κ1) is 18.2. The van der Waals surface area contributed by atoms with E-state index in [4.69, 9.17) is 23.2 Å². The lowest BCUT2D eigenvalue weighted by Crippen LogP contribution is -2.52. The summed E-state index contributed by atoms with van der Waals surface area (Å²) < 4.78 is 0. The maximum Gasteiger partial charge on any atom is 0.198 e. The third kappa shape index (κ3) is 3.97. The standard InChI is InChI=1S/C19H21Cl2N3O/c1-2-16(19(25)15-7-3-4-9-22-15)23-10-12-24(13-11-23)17-8-5-6-14(20)18(17)21/h3-9,16H,2,10-13H2,1H3. The molecule has 0 radical (unpaired) electrons. The van der Waals surface area contributed by atoms with Crippen molar-refractivity contribution in [2.24, 2.45) is 0 Å². The second-order valence-corrected chi connectivity index (χ2v) is 6.88. The highest BCUT2D eigenvalue weighted by molar-refractivity contribution is 6.43. The average molecular weight is 378 g/mol. The lowest BCUT2D eigenvalue weighted by Gasteiger charge is -2.39. The summed E-state index contributed by atoms with van der Waals surface area (Å²) in [4.78, 5) is 21.4. The molecule has 1 aliphatic rings. The summed E-state index contributed by atoms with van der Waals surface area (Å²) in [6.45, 7) is 5.28. The molecule has 1 aromatic heterocycles. The zero-order valence-corrected chi connectivity index (χ0v) is 15.7. The summed E-state index contributed by atoms with van der Waals surface area (Å²) >= 11 is 12.5. The number of hydrogen-bond acceptors (Lipinski definition) is 4. The smallest absolute Gasteiger partial charge is 0.198 e. The Bertz CT molecular complexity index is 731. The Balaban J connectivity index is 1.68. The van der Waals surface area contributed by atoms with E-state index in [1.54, 1.807) is 18.3 Å². The molecule has 1 saturated heterocycles. The van der Waals surface area contributed by atoms with Crippen LogP contribution in [0.3, 0.4) is 0 Å². The Morgan fingerprint density at radius 1 is 1.12 bits per heavy atom. The van der Waals surface area contributed by atoms with Crippen LogP contribution in [-0.4, -0.2) is 47.9 Å². The molecular formula is C19H21Cl2N3O. The molecule has 0 aliphatic carbocycles. The molecule has 0 spiro atoms. The van der Waals surface area contributed by atoms with Crippen LogP contribution in [0.1, 0.15) is 23.8 Å². The van der Waals surface area contributed by atoms with Gasteiger partial charge < -0.3 is 4.90 Å². The lowest BCUT2D eigenvalue weighted by atomic mass is 10.0. The van der Waals surface area contributed by atoms with Gasteiger partial charge >= 0.3 is 0 Å². The number of hydrogen-bond donors (Lipinski definition) is 0. The zero-order valence-electron chi connectivity index (χ0n) is 14.2. The van der Waals surface area contributed by atoms with E-state index >= 15 is 0 Å². The highest BCUT2D eigenvalue weighted by Gasteiger charge is 2.29. The van der Waals surface area contributed by atoms with Gasteiger partial charge in [0, 0.05) is 32.4 Å². The molecule has 4 nitrogen and oxygen atoms in total. The van der Waals surface area contributed by atoms with Crippen molar-refractivity contribution in [3.05, 3.63) is 58.3 Å². The van der Waals surface area contributed by atoms with Gasteiger partial charge in [0.15, 0.2) is 5.78 Å². The molecule has 0 amide bonds. The summed E-state index contributed by atoms with van der Waals surface area (Å²) in [6, 6.07) is 11.0. The van der Waals surface area contributed by atoms with Crippen molar-refractivity contribution in [1.29, 1.82) is 0 Å². The van der Waals surface area contributed by atoms with E-state index < -0.39 is 0 Å². The van der Waals surface area contributed by atoms with Gasteiger partial charge in [0.05, 0.1) is 21.8 Å². The number of halogens is 2. The van der Waals surface area contributed by atoms with Gasteiger partial charge in [0.25, 0.3) is 0 Å². The Kier molecular flexibility index (Phi) is 5.94. The summed E-state index contributed by atoms with van der Waals surface area (Å²) in [5.74, 6) is 0.0948. The molecule has 132 valence electrons. The average Bonchev–Trinajstić information content (AvgIpc) is 2.66. The van der Waals surface area contributed by atoms with E-state index in [2.05, 4.69) is 14.8 Å². The van der Waals surface area contributed by atoms with E-state index in [-0.39, 0.29) is 11.8 Å². The molecular weight excluding hydrogens is 357 g/mol. The molecule has 1 atom stereocenters. The summed E-state index contributed by atoms with van der Waals surface area (Å²) in [6.07, 6.45) is 2.44. The van der Waals surface area contributed by atoms with Crippen LogP contribution in [-0.2, 0) is 0 Å². The Morgan fingerprint density at radius 3 is 2.52 bits per heavy atom. The summed E-state index contributed by atoms with van der Waals surface area (Å²) in [7, 11) is 0. The highest BCUT2D eigenvalue weighted by Crippen LogP contribution is 2.33. The van der Waals surface area contributed by atoms with E-state index in [1.165, 1.54) is 0 Å². The Labute approximate surface area is 158 Å². The van der Waals surface area contributed by atoms with Gasteiger partial charge in [-0.15, -0.1) is 0 Å². The molecule has 0 N–H and O–H groups in total. The van der Waals surface area contributed by atoms with Crippen LogP contribution in [0, 0.1) is 0 Å². The predicted molar refractivity (Wildman–Crippen MR) is 103 cm³/mol. The lowest BCUT2D eigenvalue weighted by molar-refractivity contribution is 0.0796. The fourth-order valence-electron chi connectivity index (χ4n) is 3.30. The van der Waals surface area contributed by atoms with Crippen molar-refractivity contribution in [2.45, 2.75) is 19.4 Å². The number of anilines is 1. The number of ketones is 1. The molecule has 3 rings (SSSR count). The Hall–Kier alpha value is -1.62. The van der Waals surface area contributed by atoms with Crippen LogP contribution in [0.25, 0.3) is 0 Å². The minimum atomic E-state index is -0.133. The number of carbonyl (C=O) groups is 1. The van der Waals surface area contributed by atoms with Gasteiger partial charge in [-0.25, -0.2) is 0 Å². The SMILES string of the molecule is CCC(C(=O)c1ccccn1)N1CCN(c2cccc(Cl)c2Cl)CC1. The fraction of sp³-hybridized carbons (Fsp3) is 0.368. The van der Waals surface area contributed by atoms with Gasteiger partial charge in [-0.2, -0.15) is 0 Å². The minimum absolute atomic E-state index is 0.0948. The maximum absolute atomic E-state index is 12.8. The van der Waals surface area contributed by atoms with Crippen molar-refractivity contribution < 1.29 is 4.79 Å². The number of Topliss-reactive ketones (excluding diaryl/α,β-unsaturated/α-hetero) is 1. The summed E-state index contributed by atoms with van der Waals surface area (Å²) in [5.41, 5.74) is 1.49. The van der Waals surface area contributed by atoms with E-state index in [0.29, 0.717) is 15.7 Å². The minimum Gasteiger partial charge on any atom is -0.368 e. The quantitative estimate of drug-likeness (QED) is 0.732. The van der Waals surface area contributed by atoms with Gasteiger partial charge in [-0.1, -0.05) is 42.3 Å². The first-order chi connectivity index (χ1) is 12.1. The molecule has 2 aromatic rings. The van der Waals surface area contributed by atoms with Crippen LogP contribution in [0.4, 0.5) is 5.69 Å². The van der Waals surface area contributed by atoms with E-state index in [0.717, 1.165) is 38.3 Å². The first-order valence-corrected chi connectivity index (χ1v) is 9.25.